The van der Waals surface area contributed by atoms with E-state index in [0.29, 0.717) is 24.7 Å². The first-order valence-corrected chi connectivity index (χ1v) is 5.40. The molecule has 0 saturated carbocycles. The largest absolute Gasteiger partial charge is 0.471 e. The van der Waals surface area contributed by atoms with E-state index in [1.807, 2.05) is 6.92 Å². The zero-order valence-corrected chi connectivity index (χ0v) is 9.59. The lowest BCUT2D eigenvalue weighted by Crippen LogP contribution is -2.21. The van der Waals surface area contributed by atoms with Crippen molar-refractivity contribution in [2.75, 3.05) is 13.2 Å². The van der Waals surface area contributed by atoms with Gasteiger partial charge in [-0.15, -0.1) is 0 Å². The number of oxime groups is 1. The number of pyridine rings is 1. The van der Waals surface area contributed by atoms with E-state index in [0.717, 1.165) is 12.1 Å². The molecule has 1 fully saturated rings. The van der Waals surface area contributed by atoms with E-state index in [2.05, 4.69) is 10.1 Å². The summed E-state index contributed by atoms with van der Waals surface area (Å²) in [6.45, 7) is 3.09. The predicted octanol–water partition coefficient (Wildman–Crippen LogP) is 0.652. The van der Waals surface area contributed by atoms with Crippen molar-refractivity contribution in [2.24, 2.45) is 10.9 Å². The topological polar surface area (TPSA) is 90.0 Å². The van der Waals surface area contributed by atoms with Crippen LogP contribution < -0.4 is 10.5 Å². The second-order valence-electron chi connectivity index (χ2n) is 3.89. The first-order valence-electron chi connectivity index (χ1n) is 5.40. The molecule has 1 saturated heterocycles. The van der Waals surface area contributed by atoms with E-state index < -0.39 is 0 Å². The molecule has 3 N–H and O–H groups in total. The highest BCUT2D eigenvalue weighted by Gasteiger charge is 2.20. The molecular formula is C11H15N3O3. The Hall–Kier alpha value is -1.82. The van der Waals surface area contributed by atoms with Crippen molar-refractivity contribution < 1.29 is 14.7 Å². The van der Waals surface area contributed by atoms with E-state index in [4.69, 9.17) is 20.4 Å². The van der Waals surface area contributed by atoms with Crippen LogP contribution in [-0.2, 0) is 4.74 Å². The Bertz CT molecular complexity index is 428. The third-order valence-electron chi connectivity index (χ3n) is 2.55. The third kappa shape index (κ3) is 2.65. The lowest BCUT2D eigenvalue weighted by molar-refractivity contribution is 0.137. The number of ether oxygens (including phenoxy) is 2. The number of amidine groups is 1. The second-order valence-corrected chi connectivity index (χ2v) is 3.89. The van der Waals surface area contributed by atoms with Crippen molar-refractivity contribution in [3.63, 3.8) is 0 Å². The summed E-state index contributed by atoms with van der Waals surface area (Å²) in [5, 5.41) is 11.7. The fraction of sp³-hybridized carbons (Fsp3) is 0.455. The molecule has 1 unspecified atom stereocenters. The number of hydrogen-bond donors (Lipinski definition) is 2. The lowest BCUT2D eigenvalue weighted by Gasteiger charge is -2.14. The first kappa shape index (κ1) is 11.7. The minimum atomic E-state index is -0.0189. The van der Waals surface area contributed by atoms with Crippen molar-refractivity contribution in [2.45, 2.75) is 19.4 Å². The molecule has 0 aliphatic carbocycles. The Labute approximate surface area is 99.0 Å². The van der Waals surface area contributed by atoms with Gasteiger partial charge < -0.3 is 20.4 Å². The van der Waals surface area contributed by atoms with E-state index in [1.165, 1.54) is 0 Å². The molecule has 2 heterocycles. The summed E-state index contributed by atoms with van der Waals surface area (Å²) in [6.07, 6.45) is 0.806. The van der Waals surface area contributed by atoms with Gasteiger partial charge in [0.2, 0.25) is 5.88 Å². The molecule has 1 aromatic heterocycles. The molecule has 17 heavy (non-hydrogen) atoms. The number of rotatable bonds is 3. The maximum absolute atomic E-state index is 8.70. The normalized spacial score (nSPS) is 20.5. The van der Waals surface area contributed by atoms with Crippen LogP contribution in [0.25, 0.3) is 0 Å². The number of aryl methyl sites for hydroxylation is 1. The van der Waals surface area contributed by atoms with E-state index in [1.54, 1.807) is 12.1 Å². The quantitative estimate of drug-likeness (QED) is 0.349. The first-order chi connectivity index (χ1) is 8.20. The minimum absolute atomic E-state index is 0.00795. The average Bonchev–Trinajstić information content (AvgIpc) is 2.81. The molecular weight excluding hydrogens is 222 g/mol. The Morgan fingerprint density at radius 1 is 1.65 bits per heavy atom. The highest BCUT2D eigenvalue weighted by atomic mass is 16.5. The SMILES string of the molecule is Cc1ccc(C(N)=NO)c(OC2CCOC2)n1. The second kappa shape index (κ2) is 5.01. The molecule has 92 valence electrons. The summed E-state index contributed by atoms with van der Waals surface area (Å²) >= 11 is 0. The minimum Gasteiger partial charge on any atom is -0.471 e. The average molecular weight is 237 g/mol. The van der Waals surface area contributed by atoms with Crippen molar-refractivity contribution in [1.29, 1.82) is 0 Å². The predicted molar refractivity (Wildman–Crippen MR) is 61.3 cm³/mol. The van der Waals surface area contributed by atoms with Gasteiger partial charge in [-0.1, -0.05) is 5.16 Å². The third-order valence-corrected chi connectivity index (χ3v) is 2.55. The van der Waals surface area contributed by atoms with Crippen molar-refractivity contribution >= 4 is 5.84 Å². The van der Waals surface area contributed by atoms with Crippen LogP contribution in [0.15, 0.2) is 17.3 Å². The van der Waals surface area contributed by atoms with Gasteiger partial charge in [-0.25, -0.2) is 4.98 Å². The van der Waals surface area contributed by atoms with E-state index in [-0.39, 0.29) is 11.9 Å². The molecule has 0 bridgehead atoms. The van der Waals surface area contributed by atoms with Gasteiger partial charge in [-0.3, -0.25) is 0 Å². The Morgan fingerprint density at radius 2 is 2.47 bits per heavy atom. The molecule has 1 atom stereocenters. The van der Waals surface area contributed by atoms with Gasteiger partial charge in [0.15, 0.2) is 5.84 Å². The van der Waals surface area contributed by atoms with Gasteiger partial charge >= 0.3 is 0 Å². The lowest BCUT2D eigenvalue weighted by atomic mass is 10.2. The fourth-order valence-corrected chi connectivity index (χ4v) is 1.64. The molecule has 0 aromatic carbocycles. The van der Waals surface area contributed by atoms with Crippen LogP contribution in [-0.4, -0.2) is 35.3 Å². The van der Waals surface area contributed by atoms with Crippen LogP contribution >= 0.6 is 0 Å². The van der Waals surface area contributed by atoms with E-state index >= 15 is 0 Å². The maximum atomic E-state index is 8.70. The summed E-state index contributed by atoms with van der Waals surface area (Å²) in [4.78, 5) is 4.26. The summed E-state index contributed by atoms with van der Waals surface area (Å²) < 4.78 is 10.9. The van der Waals surface area contributed by atoms with Gasteiger partial charge in [0, 0.05) is 12.1 Å². The zero-order chi connectivity index (χ0) is 12.3. The van der Waals surface area contributed by atoms with Crippen molar-refractivity contribution in [3.8, 4) is 5.88 Å². The Morgan fingerprint density at radius 3 is 3.12 bits per heavy atom. The summed E-state index contributed by atoms with van der Waals surface area (Å²) in [5.74, 6) is 0.377. The number of hydrogen-bond acceptors (Lipinski definition) is 5. The van der Waals surface area contributed by atoms with Gasteiger partial charge in [-0.05, 0) is 19.1 Å². The van der Waals surface area contributed by atoms with E-state index in [9.17, 15) is 0 Å². The number of nitrogens with zero attached hydrogens (tertiary/aromatic N) is 2. The number of nitrogens with two attached hydrogens (primary N) is 1. The van der Waals surface area contributed by atoms with Crippen LogP contribution in [0.2, 0.25) is 0 Å². The summed E-state index contributed by atoms with van der Waals surface area (Å²) in [7, 11) is 0. The standard InChI is InChI=1S/C11H15N3O3/c1-7-2-3-9(10(12)14-15)11(13-7)17-8-4-5-16-6-8/h2-3,8,15H,4-6H2,1H3,(H2,12,14). The van der Waals surface area contributed by atoms with Gasteiger partial charge in [0.05, 0.1) is 18.8 Å². The summed E-state index contributed by atoms with van der Waals surface area (Å²) in [5.41, 5.74) is 6.87. The van der Waals surface area contributed by atoms with Gasteiger partial charge in [0.1, 0.15) is 6.10 Å². The maximum Gasteiger partial charge on any atom is 0.225 e. The molecule has 1 aliphatic heterocycles. The molecule has 6 nitrogen and oxygen atoms in total. The van der Waals surface area contributed by atoms with Crippen LogP contribution in [0.1, 0.15) is 17.7 Å². The molecule has 0 spiro atoms. The Balaban J connectivity index is 2.26. The van der Waals surface area contributed by atoms with Crippen LogP contribution in [0.3, 0.4) is 0 Å². The monoisotopic (exact) mass is 237 g/mol. The van der Waals surface area contributed by atoms with Crippen LogP contribution in [0, 0.1) is 6.92 Å². The molecule has 0 amide bonds. The Kier molecular flexibility index (Phi) is 3.43. The highest BCUT2D eigenvalue weighted by Crippen LogP contribution is 2.20. The smallest absolute Gasteiger partial charge is 0.225 e. The summed E-state index contributed by atoms with van der Waals surface area (Å²) in [6, 6.07) is 3.51. The van der Waals surface area contributed by atoms with Gasteiger partial charge in [0.25, 0.3) is 0 Å². The molecule has 6 heteroatoms. The molecule has 1 aromatic rings. The van der Waals surface area contributed by atoms with Crippen molar-refractivity contribution in [1.82, 2.24) is 4.98 Å². The van der Waals surface area contributed by atoms with Gasteiger partial charge in [-0.2, -0.15) is 0 Å². The number of aromatic nitrogens is 1. The zero-order valence-electron chi connectivity index (χ0n) is 9.59. The molecule has 1 aliphatic rings. The van der Waals surface area contributed by atoms with Crippen molar-refractivity contribution in [3.05, 3.63) is 23.4 Å². The highest BCUT2D eigenvalue weighted by molar-refractivity contribution is 5.99. The van der Waals surface area contributed by atoms with Crippen LogP contribution in [0.4, 0.5) is 0 Å². The molecule has 0 radical (unpaired) electrons. The molecule has 2 rings (SSSR count). The fourth-order valence-electron chi connectivity index (χ4n) is 1.64. The van der Waals surface area contributed by atoms with Crippen LogP contribution in [0.5, 0.6) is 5.88 Å².